The fraction of sp³-hybridized carbons (Fsp3) is 0.909. The van der Waals surface area contributed by atoms with Crippen molar-refractivity contribution in [2.75, 3.05) is 13.2 Å². The molecule has 0 rings (SSSR count). The van der Waals surface area contributed by atoms with Gasteiger partial charge in [0.2, 0.25) is 5.91 Å². The molecular weight excluding hydrogens is 192 g/mol. The summed E-state index contributed by atoms with van der Waals surface area (Å²) < 4.78 is 5.31. The van der Waals surface area contributed by atoms with Gasteiger partial charge in [0, 0.05) is 6.61 Å². The largest absolute Gasteiger partial charge is 0.379 e. The van der Waals surface area contributed by atoms with E-state index in [1.165, 1.54) is 25.7 Å². The minimum absolute atomic E-state index is 0.204. The third-order valence-electron chi connectivity index (χ3n) is 2.36. The molecule has 0 saturated carbocycles. The van der Waals surface area contributed by atoms with Crippen molar-refractivity contribution in [3.8, 4) is 0 Å². The van der Waals surface area contributed by atoms with Crippen LogP contribution in [0.2, 0.25) is 0 Å². The van der Waals surface area contributed by atoms with Crippen molar-refractivity contribution in [2.24, 2.45) is 11.5 Å². The van der Waals surface area contributed by atoms with Gasteiger partial charge in [0.15, 0.2) is 0 Å². The summed E-state index contributed by atoms with van der Waals surface area (Å²) in [5.41, 5.74) is 9.69. The Hall–Kier alpha value is -0.610. The Morgan fingerprint density at radius 3 is 2.40 bits per heavy atom. The molecule has 0 fully saturated rings. The molecule has 0 aliphatic carbocycles. The summed E-state index contributed by atoms with van der Waals surface area (Å²) in [6, 6.07) is 0. The molecule has 4 N–H and O–H groups in total. The lowest BCUT2D eigenvalue weighted by molar-refractivity contribution is -0.124. The monoisotopic (exact) mass is 216 g/mol. The molecule has 0 saturated heterocycles. The van der Waals surface area contributed by atoms with Gasteiger partial charge in [0.05, 0.1) is 6.61 Å². The highest BCUT2D eigenvalue weighted by atomic mass is 16.5. The fourth-order valence-electron chi connectivity index (χ4n) is 1.16. The molecule has 0 heterocycles. The number of amides is 1. The lowest BCUT2D eigenvalue weighted by atomic mass is 10.1. The maximum Gasteiger partial charge on any atom is 0.239 e. The number of hydrogen-bond acceptors (Lipinski definition) is 3. The molecule has 4 nitrogen and oxygen atoms in total. The molecule has 1 amide bonds. The smallest absolute Gasteiger partial charge is 0.239 e. The van der Waals surface area contributed by atoms with Gasteiger partial charge >= 0.3 is 0 Å². The summed E-state index contributed by atoms with van der Waals surface area (Å²) in [5, 5.41) is 0. The number of hydrogen-bond donors (Lipinski definition) is 2. The molecule has 0 aromatic carbocycles. The average molecular weight is 216 g/mol. The molecule has 0 aliphatic rings. The van der Waals surface area contributed by atoms with E-state index in [2.05, 4.69) is 6.92 Å². The van der Waals surface area contributed by atoms with E-state index in [4.69, 9.17) is 16.2 Å². The van der Waals surface area contributed by atoms with Crippen LogP contribution in [-0.4, -0.2) is 24.7 Å². The van der Waals surface area contributed by atoms with Gasteiger partial charge in [0.25, 0.3) is 0 Å². The SMILES string of the molecule is CCCCCCCOCC(C)(N)C(N)=O. The highest BCUT2D eigenvalue weighted by Crippen LogP contribution is 2.04. The number of ether oxygens (including phenoxy) is 1. The summed E-state index contributed by atoms with van der Waals surface area (Å²) in [5.74, 6) is -0.520. The van der Waals surface area contributed by atoms with E-state index in [9.17, 15) is 4.79 Å². The van der Waals surface area contributed by atoms with Gasteiger partial charge in [0.1, 0.15) is 5.54 Å². The molecule has 0 spiro atoms. The van der Waals surface area contributed by atoms with E-state index in [1.807, 2.05) is 0 Å². The van der Waals surface area contributed by atoms with Gasteiger partial charge in [-0.15, -0.1) is 0 Å². The van der Waals surface area contributed by atoms with Crippen LogP contribution in [0, 0.1) is 0 Å². The Bertz CT molecular complexity index is 181. The van der Waals surface area contributed by atoms with Crippen molar-refractivity contribution in [3.63, 3.8) is 0 Å². The highest BCUT2D eigenvalue weighted by molar-refractivity contribution is 5.83. The first-order valence-corrected chi connectivity index (χ1v) is 5.67. The van der Waals surface area contributed by atoms with Crippen LogP contribution in [0.3, 0.4) is 0 Å². The lowest BCUT2D eigenvalue weighted by Crippen LogP contribution is -2.52. The third kappa shape index (κ3) is 7.33. The quantitative estimate of drug-likeness (QED) is 0.568. The van der Waals surface area contributed by atoms with Crippen LogP contribution in [-0.2, 0) is 9.53 Å². The van der Waals surface area contributed by atoms with Crippen LogP contribution in [0.1, 0.15) is 46.0 Å². The Morgan fingerprint density at radius 1 is 1.27 bits per heavy atom. The van der Waals surface area contributed by atoms with Crippen molar-refractivity contribution in [1.82, 2.24) is 0 Å². The Balaban J connectivity index is 3.35. The molecule has 0 aliphatic heterocycles. The maximum atomic E-state index is 10.8. The van der Waals surface area contributed by atoms with E-state index >= 15 is 0 Å². The molecule has 0 aromatic heterocycles. The van der Waals surface area contributed by atoms with Gasteiger partial charge in [-0.05, 0) is 13.3 Å². The second-order valence-electron chi connectivity index (χ2n) is 4.25. The molecule has 0 bridgehead atoms. The first-order valence-electron chi connectivity index (χ1n) is 5.67. The van der Waals surface area contributed by atoms with Crippen molar-refractivity contribution in [3.05, 3.63) is 0 Å². The maximum absolute atomic E-state index is 10.8. The van der Waals surface area contributed by atoms with Gasteiger partial charge < -0.3 is 16.2 Å². The number of carbonyl (C=O) groups is 1. The summed E-state index contributed by atoms with van der Waals surface area (Å²) in [4.78, 5) is 10.8. The number of carbonyl (C=O) groups excluding carboxylic acids is 1. The molecule has 0 aromatic rings. The predicted molar refractivity (Wildman–Crippen MR) is 61.4 cm³/mol. The lowest BCUT2D eigenvalue weighted by Gasteiger charge is -2.19. The van der Waals surface area contributed by atoms with Crippen molar-refractivity contribution in [1.29, 1.82) is 0 Å². The first kappa shape index (κ1) is 14.4. The summed E-state index contributed by atoms with van der Waals surface area (Å²) >= 11 is 0. The molecule has 15 heavy (non-hydrogen) atoms. The Labute approximate surface area is 92.3 Å². The standard InChI is InChI=1S/C11H24N2O2/c1-3-4-5-6-7-8-15-9-11(2,13)10(12)14/h3-9,13H2,1-2H3,(H2,12,14). The molecule has 90 valence electrons. The zero-order chi connectivity index (χ0) is 11.7. The van der Waals surface area contributed by atoms with E-state index < -0.39 is 11.4 Å². The number of unbranched alkanes of at least 4 members (excludes halogenated alkanes) is 4. The van der Waals surface area contributed by atoms with Crippen molar-refractivity contribution in [2.45, 2.75) is 51.5 Å². The van der Waals surface area contributed by atoms with Crippen molar-refractivity contribution >= 4 is 5.91 Å². The highest BCUT2D eigenvalue weighted by Gasteiger charge is 2.25. The second-order valence-corrected chi connectivity index (χ2v) is 4.25. The van der Waals surface area contributed by atoms with Gasteiger partial charge in [-0.3, -0.25) is 4.79 Å². The van der Waals surface area contributed by atoms with Crippen LogP contribution in [0.25, 0.3) is 0 Å². The van der Waals surface area contributed by atoms with Crippen LogP contribution >= 0.6 is 0 Å². The number of rotatable bonds is 9. The first-order chi connectivity index (χ1) is 7.00. The van der Waals surface area contributed by atoms with Crippen LogP contribution in [0.15, 0.2) is 0 Å². The minimum atomic E-state index is -1.04. The van der Waals surface area contributed by atoms with Gasteiger partial charge in [-0.2, -0.15) is 0 Å². The van der Waals surface area contributed by atoms with E-state index in [0.29, 0.717) is 6.61 Å². The number of nitrogens with two attached hydrogens (primary N) is 2. The van der Waals surface area contributed by atoms with E-state index in [1.54, 1.807) is 6.92 Å². The van der Waals surface area contributed by atoms with Crippen LogP contribution in [0.5, 0.6) is 0 Å². The molecule has 0 radical (unpaired) electrons. The summed E-state index contributed by atoms with van der Waals surface area (Å²) in [6.07, 6.45) is 5.95. The second kappa shape index (κ2) is 7.65. The molecule has 1 atom stereocenters. The molecular formula is C11H24N2O2. The predicted octanol–water partition coefficient (Wildman–Crippen LogP) is 1.18. The zero-order valence-electron chi connectivity index (χ0n) is 9.92. The average Bonchev–Trinajstić information content (AvgIpc) is 2.16. The molecule has 1 unspecified atom stereocenters. The van der Waals surface area contributed by atoms with Crippen molar-refractivity contribution < 1.29 is 9.53 Å². The normalized spacial score (nSPS) is 14.9. The van der Waals surface area contributed by atoms with Crippen LogP contribution in [0.4, 0.5) is 0 Å². The fourth-order valence-corrected chi connectivity index (χ4v) is 1.16. The Morgan fingerprint density at radius 2 is 1.87 bits per heavy atom. The minimum Gasteiger partial charge on any atom is -0.379 e. The summed E-state index contributed by atoms with van der Waals surface area (Å²) in [6.45, 7) is 4.63. The van der Waals surface area contributed by atoms with E-state index in [0.717, 1.165) is 6.42 Å². The van der Waals surface area contributed by atoms with Gasteiger partial charge in [-0.25, -0.2) is 0 Å². The molecule has 4 heteroatoms. The Kier molecular flexibility index (Phi) is 7.34. The van der Waals surface area contributed by atoms with E-state index in [-0.39, 0.29) is 6.61 Å². The zero-order valence-corrected chi connectivity index (χ0v) is 9.92. The number of primary amides is 1. The summed E-state index contributed by atoms with van der Waals surface area (Å²) in [7, 11) is 0. The topological polar surface area (TPSA) is 78.3 Å². The van der Waals surface area contributed by atoms with Gasteiger partial charge in [-0.1, -0.05) is 32.6 Å². The third-order valence-corrected chi connectivity index (χ3v) is 2.36. The van der Waals surface area contributed by atoms with Crippen LogP contribution < -0.4 is 11.5 Å².